The molecule has 0 bridgehead atoms. The molecule has 1 heterocycles. The van der Waals surface area contributed by atoms with E-state index in [1.54, 1.807) is 0 Å². The van der Waals surface area contributed by atoms with Gasteiger partial charge in [0.05, 0.1) is 15.9 Å². The molecule has 0 saturated heterocycles. The first-order chi connectivity index (χ1) is 7.22. The highest BCUT2D eigenvalue weighted by atomic mass is 79.9. The highest BCUT2D eigenvalue weighted by Gasteiger charge is 2.07. The zero-order valence-corrected chi connectivity index (χ0v) is 10.0. The maximum atomic E-state index is 5.57. The molecule has 0 fully saturated rings. The number of nitrogens with two attached hydrogens (primary N) is 1. The van der Waals surface area contributed by atoms with E-state index in [1.807, 2.05) is 29.1 Å². The number of nitrogens with zero attached hydrogens (tertiary/aromatic N) is 2. The molecule has 0 spiro atoms. The van der Waals surface area contributed by atoms with Crippen molar-refractivity contribution in [3.05, 3.63) is 46.2 Å². The van der Waals surface area contributed by atoms with Gasteiger partial charge in [0.1, 0.15) is 0 Å². The molecule has 78 valence electrons. The van der Waals surface area contributed by atoms with Crippen LogP contribution < -0.4 is 5.73 Å². The van der Waals surface area contributed by atoms with Crippen LogP contribution in [0, 0.1) is 6.92 Å². The summed E-state index contributed by atoms with van der Waals surface area (Å²) in [5.74, 6) is 0. The molecule has 0 atom stereocenters. The summed E-state index contributed by atoms with van der Waals surface area (Å²) in [5, 5.41) is 4.40. The standard InChI is InChI=1S/C11H12BrN3/c1-8-4-2-3-5-11(8)15-7-9(12)10(6-13)14-15/h2-5,7H,6,13H2,1H3. The van der Waals surface area contributed by atoms with Crippen LogP contribution >= 0.6 is 15.9 Å². The Hall–Kier alpha value is -1.13. The van der Waals surface area contributed by atoms with Crippen LogP contribution in [0.5, 0.6) is 0 Å². The van der Waals surface area contributed by atoms with Crippen LogP contribution in [0.1, 0.15) is 11.3 Å². The monoisotopic (exact) mass is 265 g/mol. The Kier molecular flexibility index (Phi) is 2.88. The summed E-state index contributed by atoms with van der Waals surface area (Å²) in [6.45, 7) is 2.51. The zero-order valence-electron chi connectivity index (χ0n) is 8.44. The van der Waals surface area contributed by atoms with Crippen LogP contribution in [0.4, 0.5) is 0 Å². The minimum Gasteiger partial charge on any atom is -0.325 e. The molecule has 0 unspecified atom stereocenters. The highest BCUT2D eigenvalue weighted by molar-refractivity contribution is 9.10. The third-order valence-electron chi connectivity index (χ3n) is 2.30. The number of hydrogen-bond acceptors (Lipinski definition) is 2. The smallest absolute Gasteiger partial charge is 0.0906 e. The van der Waals surface area contributed by atoms with Gasteiger partial charge >= 0.3 is 0 Å². The number of aromatic nitrogens is 2. The Morgan fingerprint density at radius 2 is 2.13 bits per heavy atom. The molecule has 0 aliphatic carbocycles. The fourth-order valence-electron chi connectivity index (χ4n) is 1.47. The summed E-state index contributed by atoms with van der Waals surface area (Å²) in [7, 11) is 0. The lowest BCUT2D eigenvalue weighted by Crippen LogP contribution is -2.01. The van der Waals surface area contributed by atoms with Crippen molar-refractivity contribution in [2.45, 2.75) is 13.5 Å². The molecule has 2 N–H and O–H groups in total. The van der Waals surface area contributed by atoms with Gasteiger partial charge in [-0.25, -0.2) is 4.68 Å². The third-order valence-corrected chi connectivity index (χ3v) is 2.96. The molecule has 1 aromatic carbocycles. The average molecular weight is 266 g/mol. The number of rotatable bonds is 2. The number of benzene rings is 1. The van der Waals surface area contributed by atoms with Crippen molar-refractivity contribution >= 4 is 15.9 Å². The van der Waals surface area contributed by atoms with E-state index in [9.17, 15) is 0 Å². The van der Waals surface area contributed by atoms with Gasteiger partial charge < -0.3 is 5.73 Å². The Labute approximate surface area is 97.0 Å². The lowest BCUT2D eigenvalue weighted by molar-refractivity contribution is 0.828. The van der Waals surface area contributed by atoms with E-state index in [0.717, 1.165) is 15.9 Å². The lowest BCUT2D eigenvalue weighted by atomic mass is 10.2. The fraction of sp³-hybridized carbons (Fsp3) is 0.182. The second-order valence-electron chi connectivity index (χ2n) is 3.36. The SMILES string of the molecule is Cc1ccccc1-n1cc(Br)c(CN)n1. The van der Waals surface area contributed by atoms with Crippen LogP contribution in [-0.2, 0) is 6.54 Å². The van der Waals surface area contributed by atoms with Crippen molar-refractivity contribution in [1.82, 2.24) is 9.78 Å². The second kappa shape index (κ2) is 4.16. The lowest BCUT2D eigenvalue weighted by Gasteiger charge is -2.04. The van der Waals surface area contributed by atoms with Crippen molar-refractivity contribution in [3.8, 4) is 5.69 Å². The molecule has 0 amide bonds. The fourth-order valence-corrected chi connectivity index (χ4v) is 1.91. The molecule has 2 rings (SSSR count). The topological polar surface area (TPSA) is 43.8 Å². The first-order valence-corrected chi connectivity index (χ1v) is 5.52. The Balaban J connectivity index is 2.50. The van der Waals surface area contributed by atoms with Gasteiger partial charge in [0.2, 0.25) is 0 Å². The number of halogens is 1. The Morgan fingerprint density at radius 1 is 1.40 bits per heavy atom. The summed E-state index contributed by atoms with van der Waals surface area (Å²) in [4.78, 5) is 0. The predicted molar refractivity (Wildman–Crippen MR) is 63.9 cm³/mol. The maximum absolute atomic E-state index is 5.57. The summed E-state index contributed by atoms with van der Waals surface area (Å²) in [5.41, 5.74) is 8.72. The van der Waals surface area contributed by atoms with E-state index < -0.39 is 0 Å². The number of aryl methyl sites for hydroxylation is 1. The van der Waals surface area contributed by atoms with Gasteiger partial charge in [0.15, 0.2) is 0 Å². The molecule has 0 aliphatic rings. The molecule has 0 aliphatic heterocycles. The first-order valence-electron chi connectivity index (χ1n) is 4.72. The van der Waals surface area contributed by atoms with Crippen molar-refractivity contribution in [2.75, 3.05) is 0 Å². The van der Waals surface area contributed by atoms with Gasteiger partial charge in [-0.2, -0.15) is 5.10 Å². The molecule has 1 aromatic heterocycles. The second-order valence-corrected chi connectivity index (χ2v) is 4.21. The molecule has 0 radical (unpaired) electrons. The zero-order chi connectivity index (χ0) is 10.8. The van der Waals surface area contributed by atoms with Gasteiger partial charge in [0.25, 0.3) is 0 Å². The number of para-hydroxylation sites is 1. The van der Waals surface area contributed by atoms with Crippen LogP contribution in [0.3, 0.4) is 0 Å². The normalized spacial score (nSPS) is 10.6. The van der Waals surface area contributed by atoms with Crippen molar-refractivity contribution in [2.24, 2.45) is 5.73 Å². The van der Waals surface area contributed by atoms with Crippen molar-refractivity contribution < 1.29 is 0 Å². The van der Waals surface area contributed by atoms with Crippen LogP contribution in [-0.4, -0.2) is 9.78 Å². The molecule has 0 saturated carbocycles. The first kappa shape index (κ1) is 10.4. The summed E-state index contributed by atoms with van der Waals surface area (Å²) < 4.78 is 2.80. The van der Waals surface area contributed by atoms with E-state index in [1.165, 1.54) is 5.56 Å². The molecule has 3 nitrogen and oxygen atoms in total. The number of hydrogen-bond donors (Lipinski definition) is 1. The minimum atomic E-state index is 0.444. The summed E-state index contributed by atoms with van der Waals surface area (Å²) in [6.07, 6.45) is 1.94. The van der Waals surface area contributed by atoms with Crippen molar-refractivity contribution in [3.63, 3.8) is 0 Å². The quantitative estimate of drug-likeness (QED) is 0.907. The van der Waals surface area contributed by atoms with Gasteiger partial charge in [-0.15, -0.1) is 0 Å². The molecular formula is C11H12BrN3. The molecule has 15 heavy (non-hydrogen) atoms. The van der Waals surface area contributed by atoms with Crippen molar-refractivity contribution in [1.29, 1.82) is 0 Å². The van der Waals surface area contributed by atoms with Crippen LogP contribution in [0.2, 0.25) is 0 Å². The van der Waals surface area contributed by atoms with E-state index in [-0.39, 0.29) is 0 Å². The molecule has 2 aromatic rings. The van der Waals surface area contributed by atoms with Gasteiger partial charge in [0, 0.05) is 12.7 Å². The van der Waals surface area contributed by atoms with E-state index in [0.29, 0.717) is 6.54 Å². The maximum Gasteiger partial charge on any atom is 0.0906 e. The van der Waals surface area contributed by atoms with E-state index in [2.05, 4.69) is 34.0 Å². The predicted octanol–water partition coefficient (Wildman–Crippen LogP) is 2.40. The van der Waals surface area contributed by atoms with Crippen LogP contribution in [0.25, 0.3) is 5.69 Å². The Bertz CT molecular complexity index is 476. The molecule has 4 heteroatoms. The van der Waals surface area contributed by atoms with E-state index in [4.69, 9.17) is 5.73 Å². The average Bonchev–Trinajstić information content (AvgIpc) is 2.60. The Morgan fingerprint density at radius 3 is 2.73 bits per heavy atom. The van der Waals surface area contributed by atoms with Crippen LogP contribution in [0.15, 0.2) is 34.9 Å². The largest absolute Gasteiger partial charge is 0.325 e. The third kappa shape index (κ3) is 1.96. The summed E-state index contributed by atoms with van der Waals surface area (Å²) >= 11 is 3.44. The van der Waals surface area contributed by atoms with Gasteiger partial charge in [-0.05, 0) is 34.5 Å². The van der Waals surface area contributed by atoms with Gasteiger partial charge in [-0.3, -0.25) is 0 Å². The van der Waals surface area contributed by atoms with E-state index >= 15 is 0 Å². The molecular weight excluding hydrogens is 254 g/mol. The van der Waals surface area contributed by atoms with Gasteiger partial charge in [-0.1, -0.05) is 18.2 Å². The summed E-state index contributed by atoms with van der Waals surface area (Å²) in [6, 6.07) is 8.11. The highest BCUT2D eigenvalue weighted by Crippen LogP contribution is 2.19. The minimum absolute atomic E-state index is 0.444.